The molecule has 5 heteroatoms. The normalized spacial score (nSPS) is 25.5. The van der Waals surface area contributed by atoms with Gasteiger partial charge in [-0.25, -0.2) is 0 Å². The first-order valence-electron chi connectivity index (χ1n) is 3.69. The molecule has 13 heavy (non-hydrogen) atoms. The first-order chi connectivity index (χ1) is 6.19. The number of nitrogens with zero attached hydrogens (tertiary/aromatic N) is 1. The topological polar surface area (TPSA) is 40.9 Å². The van der Waals surface area contributed by atoms with Crippen molar-refractivity contribution >= 4 is 45.2 Å². The van der Waals surface area contributed by atoms with Crippen LogP contribution >= 0.6 is 39.5 Å². The molecule has 0 aliphatic carbocycles. The smallest absolute Gasteiger partial charge is 0.171 e. The summed E-state index contributed by atoms with van der Waals surface area (Å²) in [5.74, 6) is 0.844. The van der Waals surface area contributed by atoms with Crippen molar-refractivity contribution in [3.8, 4) is 6.07 Å². The summed E-state index contributed by atoms with van der Waals surface area (Å²) in [6.45, 7) is 1.44. The summed E-state index contributed by atoms with van der Waals surface area (Å²) in [7, 11) is 0. The van der Waals surface area contributed by atoms with E-state index in [4.69, 9.17) is 5.26 Å². The Morgan fingerprint density at radius 3 is 2.92 bits per heavy atom. The SMILES string of the molecule is CC(=O)/C(C#N)=C1\SCC(CBr)S1. The predicted molar refractivity (Wildman–Crippen MR) is 61.0 cm³/mol. The number of carbonyl (C=O) groups is 1. The van der Waals surface area contributed by atoms with Crippen LogP contribution in [-0.2, 0) is 4.79 Å². The summed E-state index contributed by atoms with van der Waals surface area (Å²) in [5.41, 5.74) is 0.318. The van der Waals surface area contributed by atoms with E-state index >= 15 is 0 Å². The van der Waals surface area contributed by atoms with E-state index in [9.17, 15) is 4.79 Å². The lowest BCUT2D eigenvalue weighted by atomic mass is 10.2. The molecule has 1 fully saturated rings. The third kappa shape index (κ3) is 2.76. The number of Topliss-reactive ketones (excluding diaryl/α,β-unsaturated/α-hetero) is 1. The van der Waals surface area contributed by atoms with Gasteiger partial charge < -0.3 is 0 Å². The van der Waals surface area contributed by atoms with Crippen molar-refractivity contribution in [2.45, 2.75) is 12.2 Å². The summed E-state index contributed by atoms with van der Waals surface area (Å²) in [4.78, 5) is 11.0. The molecule has 1 atom stereocenters. The monoisotopic (exact) mass is 277 g/mol. The lowest BCUT2D eigenvalue weighted by Gasteiger charge is -1.99. The van der Waals surface area contributed by atoms with Gasteiger partial charge in [0.15, 0.2) is 5.78 Å². The molecule has 1 aliphatic heterocycles. The fraction of sp³-hybridized carbons (Fsp3) is 0.500. The van der Waals surface area contributed by atoms with Gasteiger partial charge in [0.1, 0.15) is 11.6 Å². The number of alkyl halides is 1. The Balaban J connectivity index is 2.82. The zero-order chi connectivity index (χ0) is 9.84. The number of hydrogen-bond acceptors (Lipinski definition) is 4. The zero-order valence-electron chi connectivity index (χ0n) is 7.04. The number of rotatable bonds is 2. The Bertz CT molecular complexity index is 295. The van der Waals surface area contributed by atoms with Gasteiger partial charge in [-0.05, 0) is 6.92 Å². The summed E-state index contributed by atoms with van der Waals surface area (Å²) in [5, 5.41) is 10.1. The van der Waals surface area contributed by atoms with Gasteiger partial charge in [-0.2, -0.15) is 5.26 Å². The number of hydrogen-bond donors (Lipinski definition) is 0. The van der Waals surface area contributed by atoms with E-state index in [1.165, 1.54) is 6.92 Å². The van der Waals surface area contributed by atoms with E-state index in [-0.39, 0.29) is 5.78 Å². The molecule has 0 N–H and O–H groups in total. The van der Waals surface area contributed by atoms with Crippen LogP contribution in [0.5, 0.6) is 0 Å². The molecule has 0 bridgehead atoms. The van der Waals surface area contributed by atoms with E-state index in [0.717, 1.165) is 15.3 Å². The Kier molecular flexibility index (Phi) is 4.36. The van der Waals surface area contributed by atoms with E-state index in [1.54, 1.807) is 23.5 Å². The summed E-state index contributed by atoms with van der Waals surface area (Å²) in [6, 6.07) is 1.96. The largest absolute Gasteiger partial charge is 0.294 e. The Morgan fingerprint density at radius 1 is 1.85 bits per heavy atom. The highest BCUT2D eigenvalue weighted by Crippen LogP contribution is 2.44. The molecule has 1 aliphatic rings. The van der Waals surface area contributed by atoms with E-state index in [1.807, 2.05) is 6.07 Å². The second-order valence-corrected chi connectivity index (χ2v) is 5.78. The molecule has 0 amide bonds. The maximum absolute atomic E-state index is 11.0. The van der Waals surface area contributed by atoms with Crippen molar-refractivity contribution in [3.63, 3.8) is 0 Å². The van der Waals surface area contributed by atoms with Gasteiger partial charge in [-0.3, -0.25) is 4.79 Å². The molecule has 1 heterocycles. The maximum Gasteiger partial charge on any atom is 0.171 e. The van der Waals surface area contributed by atoms with E-state index < -0.39 is 0 Å². The highest BCUT2D eigenvalue weighted by molar-refractivity contribution is 9.09. The van der Waals surface area contributed by atoms with Gasteiger partial charge >= 0.3 is 0 Å². The van der Waals surface area contributed by atoms with Crippen LogP contribution in [0.15, 0.2) is 9.81 Å². The molecule has 70 valence electrons. The molecule has 0 saturated carbocycles. The maximum atomic E-state index is 11.0. The standard InChI is InChI=1S/C8H8BrNOS2/c1-5(11)7(3-10)8-12-4-6(2-9)13-8/h6H,2,4H2,1H3/b8-7+. The number of allylic oxidation sites excluding steroid dienone is 1. The van der Waals surface area contributed by atoms with Gasteiger partial charge in [-0.1, -0.05) is 15.9 Å². The number of halogens is 1. The number of ketones is 1. The van der Waals surface area contributed by atoms with E-state index in [0.29, 0.717) is 10.8 Å². The molecule has 0 spiro atoms. The first kappa shape index (κ1) is 11.2. The zero-order valence-corrected chi connectivity index (χ0v) is 10.3. The minimum atomic E-state index is -0.132. The third-order valence-corrected chi connectivity index (χ3v) is 5.70. The summed E-state index contributed by atoms with van der Waals surface area (Å²) < 4.78 is 0.888. The van der Waals surface area contributed by atoms with Crippen LogP contribution in [0.1, 0.15) is 6.92 Å². The van der Waals surface area contributed by atoms with Crippen molar-refractivity contribution in [1.29, 1.82) is 5.26 Å². The minimum Gasteiger partial charge on any atom is -0.294 e. The lowest BCUT2D eigenvalue weighted by Crippen LogP contribution is -2.00. The summed E-state index contributed by atoms with van der Waals surface area (Å²) in [6.07, 6.45) is 0. The highest BCUT2D eigenvalue weighted by atomic mass is 79.9. The number of nitriles is 1. The number of thioether (sulfide) groups is 2. The van der Waals surface area contributed by atoms with Crippen molar-refractivity contribution in [1.82, 2.24) is 0 Å². The molecule has 0 aromatic rings. The fourth-order valence-corrected chi connectivity index (χ4v) is 4.61. The minimum absolute atomic E-state index is 0.132. The molecular formula is C8H8BrNOS2. The predicted octanol–water partition coefficient (Wildman–Crippen LogP) is 2.55. The third-order valence-electron chi connectivity index (χ3n) is 1.51. The molecule has 1 unspecified atom stereocenters. The quantitative estimate of drug-likeness (QED) is 0.442. The first-order valence-corrected chi connectivity index (χ1v) is 6.68. The van der Waals surface area contributed by atoms with Crippen LogP contribution in [0.25, 0.3) is 0 Å². The van der Waals surface area contributed by atoms with Crippen LogP contribution < -0.4 is 0 Å². The van der Waals surface area contributed by atoms with Crippen LogP contribution in [0.3, 0.4) is 0 Å². The molecular weight excluding hydrogens is 270 g/mol. The van der Waals surface area contributed by atoms with Crippen LogP contribution in [0, 0.1) is 11.3 Å². The van der Waals surface area contributed by atoms with E-state index in [2.05, 4.69) is 15.9 Å². The Morgan fingerprint density at radius 2 is 2.54 bits per heavy atom. The van der Waals surface area contributed by atoms with Gasteiger partial charge in [0.25, 0.3) is 0 Å². The Hall–Kier alpha value is 0.0800. The average Bonchev–Trinajstić information content (AvgIpc) is 2.53. The highest BCUT2D eigenvalue weighted by Gasteiger charge is 2.24. The van der Waals surface area contributed by atoms with Crippen molar-refractivity contribution in [2.75, 3.05) is 11.1 Å². The van der Waals surface area contributed by atoms with Gasteiger partial charge in [-0.15, -0.1) is 23.5 Å². The summed E-state index contributed by atoms with van der Waals surface area (Å²) >= 11 is 6.62. The lowest BCUT2D eigenvalue weighted by molar-refractivity contribution is -0.113. The molecule has 0 aromatic carbocycles. The van der Waals surface area contributed by atoms with Gasteiger partial charge in [0, 0.05) is 16.3 Å². The van der Waals surface area contributed by atoms with Crippen LogP contribution in [0.2, 0.25) is 0 Å². The van der Waals surface area contributed by atoms with Gasteiger partial charge in [0.05, 0.1) is 4.24 Å². The fourth-order valence-electron chi connectivity index (χ4n) is 0.863. The second-order valence-electron chi connectivity index (χ2n) is 2.54. The average molecular weight is 278 g/mol. The van der Waals surface area contributed by atoms with Crippen molar-refractivity contribution in [3.05, 3.63) is 9.81 Å². The molecule has 1 rings (SSSR count). The van der Waals surface area contributed by atoms with Crippen molar-refractivity contribution in [2.24, 2.45) is 0 Å². The molecule has 0 radical (unpaired) electrons. The van der Waals surface area contributed by atoms with Gasteiger partial charge in [0.2, 0.25) is 0 Å². The second kappa shape index (κ2) is 5.08. The molecule has 2 nitrogen and oxygen atoms in total. The van der Waals surface area contributed by atoms with Crippen molar-refractivity contribution < 1.29 is 4.79 Å². The van der Waals surface area contributed by atoms with Crippen LogP contribution in [-0.4, -0.2) is 22.1 Å². The molecule has 0 aromatic heterocycles. The molecule has 1 saturated heterocycles. The number of carbonyl (C=O) groups excluding carboxylic acids is 1. The Labute approximate surface area is 94.3 Å². The van der Waals surface area contributed by atoms with Crippen LogP contribution in [0.4, 0.5) is 0 Å².